The van der Waals surface area contributed by atoms with Crippen molar-refractivity contribution in [2.45, 2.75) is 38.5 Å². The molecule has 8 heteroatoms. The molecule has 0 spiro atoms. The van der Waals surface area contributed by atoms with Crippen LogP contribution in [0.1, 0.15) is 41.8 Å². The fourth-order valence-electron chi connectivity index (χ4n) is 3.76. The zero-order chi connectivity index (χ0) is 21.3. The number of amides is 1. The van der Waals surface area contributed by atoms with Gasteiger partial charge in [-0.25, -0.2) is 17.2 Å². The van der Waals surface area contributed by atoms with Crippen molar-refractivity contribution < 1.29 is 22.0 Å². The minimum absolute atomic E-state index is 0.0497. The average molecular weight is 422 g/mol. The normalized spacial score (nSPS) is 14.2. The first-order valence-corrected chi connectivity index (χ1v) is 11.1. The summed E-state index contributed by atoms with van der Waals surface area (Å²) < 4.78 is 55.3. The van der Waals surface area contributed by atoms with Crippen molar-refractivity contribution in [2.24, 2.45) is 0 Å². The molecule has 0 bridgehead atoms. The van der Waals surface area contributed by atoms with E-state index in [-0.39, 0.29) is 24.5 Å². The van der Waals surface area contributed by atoms with Gasteiger partial charge in [-0.3, -0.25) is 4.79 Å². The molecule has 2 aromatic carbocycles. The molecule has 1 heterocycles. The van der Waals surface area contributed by atoms with E-state index >= 15 is 0 Å². The third-order valence-corrected chi connectivity index (χ3v) is 7.32. The number of carbonyl (C=O) groups is 1. The number of fused-ring (bicyclic) bond motifs is 1. The van der Waals surface area contributed by atoms with E-state index in [0.717, 1.165) is 22.0 Å². The number of nitrogens with zero attached hydrogens (tertiary/aromatic N) is 2. The van der Waals surface area contributed by atoms with Gasteiger partial charge in [-0.15, -0.1) is 0 Å². The van der Waals surface area contributed by atoms with Crippen LogP contribution in [0.2, 0.25) is 0 Å². The predicted molar refractivity (Wildman–Crippen MR) is 108 cm³/mol. The Labute approximate surface area is 170 Å². The first kappa shape index (κ1) is 21.4. The standard InChI is InChI=1S/C21H24F2N2O3S/c1-4-24(5-2)29(27,28)19-13-15(9-11-18(19)23)21(26)25-12-6-7-16-17(22)10-8-14(3)20(16)25/h8-11,13H,4-7,12H2,1-3H3. The number of anilines is 1. The molecule has 0 saturated carbocycles. The maximum Gasteiger partial charge on any atom is 0.258 e. The van der Waals surface area contributed by atoms with Crippen molar-refractivity contribution >= 4 is 21.6 Å². The van der Waals surface area contributed by atoms with Crippen molar-refractivity contribution in [1.29, 1.82) is 0 Å². The number of benzene rings is 2. The van der Waals surface area contributed by atoms with Gasteiger partial charge < -0.3 is 4.90 Å². The smallest absolute Gasteiger partial charge is 0.258 e. The highest BCUT2D eigenvalue weighted by Crippen LogP contribution is 2.34. The summed E-state index contributed by atoms with van der Waals surface area (Å²) in [6, 6.07) is 6.33. The van der Waals surface area contributed by atoms with Crippen molar-refractivity contribution in [3.8, 4) is 0 Å². The first-order chi connectivity index (χ1) is 13.7. The van der Waals surface area contributed by atoms with Gasteiger partial charge in [0.1, 0.15) is 16.5 Å². The van der Waals surface area contributed by atoms with Gasteiger partial charge in [-0.1, -0.05) is 19.9 Å². The van der Waals surface area contributed by atoms with Crippen LogP contribution in [0.3, 0.4) is 0 Å². The van der Waals surface area contributed by atoms with Crippen molar-refractivity contribution in [3.05, 3.63) is 58.7 Å². The van der Waals surface area contributed by atoms with Gasteiger partial charge in [-0.05, 0) is 49.6 Å². The highest BCUT2D eigenvalue weighted by molar-refractivity contribution is 7.89. The number of hydrogen-bond donors (Lipinski definition) is 0. The van der Waals surface area contributed by atoms with E-state index in [0.29, 0.717) is 30.6 Å². The van der Waals surface area contributed by atoms with Crippen LogP contribution in [0.5, 0.6) is 0 Å². The Hall–Kier alpha value is -2.32. The van der Waals surface area contributed by atoms with Crippen LogP contribution < -0.4 is 4.90 Å². The summed E-state index contributed by atoms with van der Waals surface area (Å²) in [6.45, 7) is 5.88. The van der Waals surface area contributed by atoms with Gasteiger partial charge in [0.05, 0.1) is 5.69 Å². The summed E-state index contributed by atoms with van der Waals surface area (Å²) in [4.78, 5) is 14.1. The number of rotatable bonds is 5. The van der Waals surface area contributed by atoms with Crippen LogP contribution >= 0.6 is 0 Å². The predicted octanol–water partition coefficient (Wildman–Crippen LogP) is 3.90. The summed E-state index contributed by atoms with van der Waals surface area (Å²) in [7, 11) is -4.07. The molecule has 3 rings (SSSR count). The van der Waals surface area contributed by atoms with Crippen LogP contribution in [-0.2, 0) is 16.4 Å². The van der Waals surface area contributed by atoms with E-state index in [2.05, 4.69) is 0 Å². The molecule has 0 unspecified atom stereocenters. The summed E-state index contributed by atoms with van der Waals surface area (Å²) in [5.41, 5.74) is 1.79. The van der Waals surface area contributed by atoms with Gasteiger partial charge in [0, 0.05) is 30.8 Å². The van der Waals surface area contributed by atoms with Crippen LogP contribution in [0.15, 0.2) is 35.2 Å². The van der Waals surface area contributed by atoms with E-state index in [9.17, 15) is 22.0 Å². The molecule has 156 valence electrons. The lowest BCUT2D eigenvalue weighted by atomic mass is 9.97. The van der Waals surface area contributed by atoms with Crippen LogP contribution in [-0.4, -0.2) is 38.3 Å². The number of halogens is 2. The third kappa shape index (κ3) is 3.79. The van der Waals surface area contributed by atoms with Gasteiger partial charge in [0.2, 0.25) is 10.0 Å². The molecule has 2 aromatic rings. The molecule has 0 aromatic heterocycles. The minimum Gasteiger partial charge on any atom is -0.308 e. The maximum atomic E-state index is 14.4. The largest absolute Gasteiger partial charge is 0.308 e. The highest BCUT2D eigenvalue weighted by atomic mass is 32.2. The Morgan fingerprint density at radius 2 is 1.76 bits per heavy atom. The Bertz CT molecular complexity index is 1050. The van der Waals surface area contributed by atoms with E-state index in [1.165, 1.54) is 17.0 Å². The summed E-state index contributed by atoms with van der Waals surface area (Å²) >= 11 is 0. The van der Waals surface area contributed by atoms with Crippen LogP contribution in [0.4, 0.5) is 14.5 Å². The van der Waals surface area contributed by atoms with Crippen LogP contribution in [0.25, 0.3) is 0 Å². The Balaban J connectivity index is 2.07. The lowest BCUT2D eigenvalue weighted by Crippen LogP contribution is -2.37. The SMILES string of the molecule is CCN(CC)S(=O)(=O)c1cc(C(=O)N2CCCc3c(F)ccc(C)c32)ccc1F. The lowest BCUT2D eigenvalue weighted by molar-refractivity contribution is 0.0984. The number of aryl methyl sites for hydroxylation is 1. The molecule has 0 atom stereocenters. The molecule has 0 fully saturated rings. The monoisotopic (exact) mass is 422 g/mol. The molecule has 0 saturated heterocycles. The fraction of sp³-hybridized carbons (Fsp3) is 0.381. The summed E-state index contributed by atoms with van der Waals surface area (Å²) in [5.74, 6) is -1.75. The second-order valence-corrected chi connectivity index (χ2v) is 8.89. The van der Waals surface area contributed by atoms with Gasteiger partial charge in [0.15, 0.2) is 0 Å². The molecule has 1 aliphatic rings. The molecule has 0 N–H and O–H groups in total. The molecule has 0 aliphatic carbocycles. The van der Waals surface area contributed by atoms with Crippen molar-refractivity contribution in [1.82, 2.24) is 4.31 Å². The van der Waals surface area contributed by atoms with Crippen LogP contribution in [0, 0.1) is 18.6 Å². The quantitative estimate of drug-likeness (QED) is 0.734. The Morgan fingerprint density at radius 1 is 1.10 bits per heavy atom. The second kappa shape index (κ2) is 8.20. The molecular weight excluding hydrogens is 398 g/mol. The van der Waals surface area contributed by atoms with Gasteiger partial charge >= 0.3 is 0 Å². The number of carbonyl (C=O) groups excluding carboxylic acids is 1. The van der Waals surface area contributed by atoms with E-state index in [1.54, 1.807) is 26.8 Å². The van der Waals surface area contributed by atoms with Gasteiger partial charge in [0.25, 0.3) is 5.91 Å². The zero-order valence-corrected chi connectivity index (χ0v) is 17.5. The average Bonchev–Trinajstić information content (AvgIpc) is 2.71. The van der Waals surface area contributed by atoms with E-state index < -0.39 is 26.6 Å². The van der Waals surface area contributed by atoms with Crippen molar-refractivity contribution in [2.75, 3.05) is 24.5 Å². The first-order valence-electron chi connectivity index (χ1n) is 9.61. The molecule has 5 nitrogen and oxygen atoms in total. The summed E-state index contributed by atoms with van der Waals surface area (Å²) in [6.07, 6.45) is 1.11. The lowest BCUT2D eigenvalue weighted by Gasteiger charge is -2.31. The minimum atomic E-state index is -4.07. The van der Waals surface area contributed by atoms with Gasteiger partial charge in [-0.2, -0.15) is 4.31 Å². The molecule has 1 amide bonds. The topological polar surface area (TPSA) is 57.7 Å². The highest BCUT2D eigenvalue weighted by Gasteiger charge is 2.30. The third-order valence-electron chi connectivity index (χ3n) is 5.25. The number of hydrogen-bond acceptors (Lipinski definition) is 3. The number of sulfonamides is 1. The van der Waals surface area contributed by atoms with E-state index in [1.807, 2.05) is 0 Å². The second-order valence-electron chi connectivity index (χ2n) is 6.99. The molecule has 1 aliphatic heterocycles. The van der Waals surface area contributed by atoms with E-state index in [4.69, 9.17) is 0 Å². The fourth-order valence-corrected chi connectivity index (χ4v) is 5.31. The Kier molecular flexibility index (Phi) is 6.05. The summed E-state index contributed by atoms with van der Waals surface area (Å²) in [5, 5.41) is 0. The van der Waals surface area contributed by atoms with Crippen molar-refractivity contribution in [3.63, 3.8) is 0 Å². The Morgan fingerprint density at radius 3 is 2.41 bits per heavy atom. The molecule has 29 heavy (non-hydrogen) atoms. The molecule has 0 radical (unpaired) electrons. The zero-order valence-electron chi connectivity index (χ0n) is 16.7. The molecular formula is C21H24F2N2O3S. The maximum absolute atomic E-state index is 14.4.